The molecule has 2 atom stereocenters. The van der Waals surface area contributed by atoms with Gasteiger partial charge in [0.15, 0.2) is 0 Å². The van der Waals surface area contributed by atoms with Gasteiger partial charge in [-0.25, -0.2) is 9.37 Å². The van der Waals surface area contributed by atoms with Crippen molar-refractivity contribution >= 4 is 23.7 Å². The minimum absolute atomic E-state index is 0.0621. The van der Waals surface area contributed by atoms with E-state index in [0.717, 1.165) is 30.1 Å². The zero-order chi connectivity index (χ0) is 25.0. The summed E-state index contributed by atoms with van der Waals surface area (Å²) in [5.74, 6) is 1.15. The van der Waals surface area contributed by atoms with E-state index < -0.39 is 18.2 Å². The van der Waals surface area contributed by atoms with Crippen LogP contribution in [0.3, 0.4) is 0 Å². The smallest absolute Gasteiger partial charge is 0.390 e. The molecule has 10 nitrogen and oxygen atoms in total. The summed E-state index contributed by atoms with van der Waals surface area (Å²) in [4.78, 5) is 34.8. The van der Waals surface area contributed by atoms with Crippen molar-refractivity contribution in [2.45, 2.75) is 39.8 Å². The fourth-order valence-electron chi connectivity index (χ4n) is 4.07. The van der Waals surface area contributed by atoms with Crippen LogP contribution < -0.4 is 10.1 Å². The molecule has 0 radical (unpaired) electrons. The SMILES string of the molecule is CCN(CC)CCNC1=[N+](CC(O)COc2ccc(C)c(C)c2)C2C(=O)N(C)C(=O)N(C)C2=N1. The summed E-state index contributed by atoms with van der Waals surface area (Å²) in [7, 11) is 3.06. The average molecular weight is 474 g/mol. The van der Waals surface area contributed by atoms with Crippen LogP contribution in [0.25, 0.3) is 0 Å². The van der Waals surface area contributed by atoms with E-state index in [1.54, 1.807) is 11.6 Å². The van der Waals surface area contributed by atoms with Crippen LogP contribution in [0.4, 0.5) is 4.79 Å². The molecule has 1 saturated heterocycles. The van der Waals surface area contributed by atoms with Crippen LogP contribution in [0.1, 0.15) is 25.0 Å². The highest BCUT2D eigenvalue weighted by Gasteiger charge is 2.51. The summed E-state index contributed by atoms with van der Waals surface area (Å²) < 4.78 is 7.53. The van der Waals surface area contributed by atoms with Gasteiger partial charge in [0.1, 0.15) is 18.5 Å². The van der Waals surface area contributed by atoms with Gasteiger partial charge >= 0.3 is 12.0 Å². The van der Waals surface area contributed by atoms with Crippen LogP contribution in [0.15, 0.2) is 23.2 Å². The monoisotopic (exact) mass is 473 g/mol. The lowest BCUT2D eigenvalue weighted by Crippen LogP contribution is -2.62. The molecule has 0 aliphatic carbocycles. The number of rotatable bonds is 10. The number of imide groups is 1. The number of fused-ring (bicyclic) bond motifs is 1. The first-order chi connectivity index (χ1) is 16.2. The number of aliphatic hydroxyl groups excluding tert-OH is 1. The topological polar surface area (TPSA) is 101 Å². The van der Waals surface area contributed by atoms with Gasteiger partial charge < -0.3 is 14.7 Å². The lowest BCUT2D eigenvalue weighted by Gasteiger charge is -2.32. The van der Waals surface area contributed by atoms with E-state index in [9.17, 15) is 14.7 Å². The molecule has 0 bridgehead atoms. The van der Waals surface area contributed by atoms with Gasteiger partial charge in [-0.3, -0.25) is 19.9 Å². The van der Waals surface area contributed by atoms with Gasteiger partial charge in [-0.05, 0) is 50.2 Å². The maximum atomic E-state index is 13.0. The van der Waals surface area contributed by atoms with Crippen molar-refractivity contribution in [2.24, 2.45) is 4.99 Å². The number of likely N-dealkylation sites (N-methyl/N-ethyl adjacent to an activating group) is 3. The average Bonchev–Trinajstić information content (AvgIpc) is 3.18. The number of hydrogen-bond donors (Lipinski definition) is 2. The molecule has 10 heteroatoms. The van der Waals surface area contributed by atoms with Crippen LogP contribution >= 0.6 is 0 Å². The molecule has 2 aliphatic heterocycles. The molecule has 3 amide bonds. The van der Waals surface area contributed by atoms with E-state index in [1.807, 2.05) is 32.0 Å². The third-order valence-corrected chi connectivity index (χ3v) is 6.46. The second-order valence-corrected chi connectivity index (χ2v) is 8.75. The third-order valence-electron chi connectivity index (χ3n) is 6.46. The summed E-state index contributed by atoms with van der Waals surface area (Å²) >= 11 is 0. The van der Waals surface area contributed by atoms with Gasteiger partial charge in [0.2, 0.25) is 11.9 Å². The van der Waals surface area contributed by atoms with E-state index in [2.05, 4.69) is 29.1 Å². The molecule has 2 N–H and O–H groups in total. The number of nitrogens with one attached hydrogen (secondary N) is 1. The molecule has 0 spiro atoms. The summed E-state index contributed by atoms with van der Waals surface area (Å²) in [6.45, 7) is 11.7. The van der Waals surface area contributed by atoms with Gasteiger partial charge in [-0.2, -0.15) is 0 Å². The Morgan fingerprint density at radius 1 is 1.18 bits per heavy atom. The molecule has 1 fully saturated rings. The van der Waals surface area contributed by atoms with Crippen molar-refractivity contribution in [1.29, 1.82) is 0 Å². The normalized spacial score (nSPS) is 19.1. The maximum Gasteiger partial charge on any atom is 0.390 e. The highest BCUT2D eigenvalue weighted by atomic mass is 16.5. The molecule has 0 aromatic heterocycles. The Hall–Kier alpha value is -2.98. The number of urea groups is 1. The van der Waals surface area contributed by atoms with Crippen molar-refractivity contribution < 1.29 is 24.0 Å². The molecule has 2 heterocycles. The first-order valence-corrected chi connectivity index (χ1v) is 11.8. The van der Waals surface area contributed by atoms with E-state index in [-0.39, 0.29) is 19.1 Å². The number of carbonyl (C=O) groups is 2. The van der Waals surface area contributed by atoms with Crippen molar-refractivity contribution in [3.8, 4) is 5.75 Å². The number of aliphatic imine (C=N–C) groups is 1. The predicted octanol–water partition coefficient (Wildman–Crippen LogP) is 0.648. The zero-order valence-corrected chi connectivity index (χ0v) is 21.0. The standard InChI is InChI=1S/C24H36N6O4/c1-7-29(8-2)12-11-25-23-26-21-20(22(32)28(6)24(33)27(21)5)30(23)14-18(31)15-34-19-10-9-16(3)17(4)13-19/h9-10,13,18,20,31H,7-8,11-12,14-15H2,1-6H3/p+1. The van der Waals surface area contributed by atoms with Crippen LogP contribution in [0, 0.1) is 13.8 Å². The molecular formula is C24H37N6O4+. The third kappa shape index (κ3) is 5.39. The summed E-state index contributed by atoms with van der Waals surface area (Å²) in [6, 6.07) is 4.58. The summed E-state index contributed by atoms with van der Waals surface area (Å²) in [5, 5.41) is 14.1. The Balaban J connectivity index is 1.76. The molecule has 186 valence electrons. The van der Waals surface area contributed by atoms with E-state index in [0.29, 0.717) is 24.1 Å². The molecule has 1 aromatic rings. The Morgan fingerprint density at radius 2 is 1.88 bits per heavy atom. The molecule has 1 aromatic carbocycles. The van der Waals surface area contributed by atoms with Crippen LogP contribution in [0.2, 0.25) is 0 Å². The number of hydrogen-bond acceptors (Lipinski definition) is 7. The Morgan fingerprint density at radius 3 is 2.53 bits per heavy atom. The number of β-amino-alcohol motifs (C(OH)–C–C–N with tert-alkyl or cyclic N) is 1. The highest BCUT2D eigenvalue weighted by Crippen LogP contribution is 2.20. The van der Waals surface area contributed by atoms with E-state index in [4.69, 9.17) is 4.74 Å². The van der Waals surface area contributed by atoms with Gasteiger partial charge in [0.25, 0.3) is 5.91 Å². The highest BCUT2D eigenvalue weighted by molar-refractivity contribution is 6.22. The van der Waals surface area contributed by atoms with Gasteiger partial charge in [-0.1, -0.05) is 24.9 Å². The van der Waals surface area contributed by atoms with Crippen LogP contribution in [-0.2, 0) is 4.79 Å². The number of benzene rings is 1. The van der Waals surface area contributed by atoms with E-state index >= 15 is 0 Å². The Bertz CT molecular complexity index is 988. The lowest BCUT2D eigenvalue weighted by atomic mass is 10.1. The van der Waals surface area contributed by atoms with Crippen molar-refractivity contribution in [3.63, 3.8) is 0 Å². The second-order valence-electron chi connectivity index (χ2n) is 8.75. The summed E-state index contributed by atoms with van der Waals surface area (Å²) in [6.07, 6.45) is -0.878. The van der Waals surface area contributed by atoms with Crippen molar-refractivity contribution in [2.75, 3.05) is 53.4 Å². The molecule has 0 saturated carbocycles. The molecule has 34 heavy (non-hydrogen) atoms. The number of amidine groups is 1. The Kier molecular flexibility index (Phi) is 8.27. The van der Waals surface area contributed by atoms with E-state index in [1.165, 1.54) is 17.5 Å². The first kappa shape index (κ1) is 25.6. The number of guanidine groups is 1. The molecule has 2 unspecified atom stereocenters. The maximum absolute atomic E-state index is 13.0. The number of ether oxygens (including phenoxy) is 1. The van der Waals surface area contributed by atoms with Gasteiger partial charge in [0.05, 0.1) is 13.1 Å². The second kappa shape index (κ2) is 11.0. The van der Waals surface area contributed by atoms with Gasteiger partial charge in [-0.15, -0.1) is 0 Å². The van der Waals surface area contributed by atoms with Crippen LogP contribution in [-0.4, -0.2) is 114 Å². The number of carbonyl (C=O) groups excluding carboxylic acids is 2. The number of amides is 3. The lowest BCUT2D eigenvalue weighted by molar-refractivity contribution is -0.545. The fraction of sp³-hybridized carbons (Fsp3) is 0.583. The summed E-state index contributed by atoms with van der Waals surface area (Å²) in [5.41, 5.74) is 2.28. The minimum Gasteiger partial charge on any atom is -0.491 e. The molecular weight excluding hydrogens is 436 g/mol. The van der Waals surface area contributed by atoms with Crippen molar-refractivity contribution in [3.05, 3.63) is 29.3 Å². The van der Waals surface area contributed by atoms with Gasteiger partial charge in [0, 0.05) is 20.6 Å². The van der Waals surface area contributed by atoms with Crippen LogP contribution in [0.5, 0.6) is 5.75 Å². The fourth-order valence-corrected chi connectivity index (χ4v) is 4.07. The molecule has 3 rings (SSSR count). The number of nitrogens with zero attached hydrogens (tertiary/aromatic N) is 5. The molecule has 2 aliphatic rings. The predicted molar refractivity (Wildman–Crippen MR) is 130 cm³/mol. The minimum atomic E-state index is -0.878. The quantitative estimate of drug-likeness (QED) is 0.484. The first-order valence-electron chi connectivity index (χ1n) is 11.8. The number of aryl methyl sites for hydroxylation is 2. The zero-order valence-electron chi connectivity index (χ0n) is 21.0. The van der Waals surface area contributed by atoms with Crippen molar-refractivity contribution in [1.82, 2.24) is 20.0 Å². The number of aliphatic hydroxyl groups is 1. The largest absolute Gasteiger partial charge is 0.491 e. The Labute approximate surface area is 201 Å².